The van der Waals surface area contributed by atoms with E-state index in [0.717, 1.165) is 115 Å². The molecule has 0 heterocycles. The predicted octanol–water partition coefficient (Wildman–Crippen LogP) is 20.1. The first-order valence-electron chi connectivity index (χ1n) is 36.7. The minimum atomic E-state index is -4.95. The highest BCUT2D eigenvalue weighted by Crippen LogP contribution is 2.45. The number of ether oxygens (including phenoxy) is 4. The summed E-state index contributed by atoms with van der Waals surface area (Å²) < 4.78 is 68.3. The molecule has 0 aliphatic heterocycles. The van der Waals surface area contributed by atoms with E-state index in [0.29, 0.717) is 37.5 Å². The van der Waals surface area contributed by atoms with Crippen molar-refractivity contribution in [1.82, 2.24) is 0 Å². The number of hydrogen-bond donors (Lipinski definition) is 3. The fourth-order valence-corrected chi connectivity index (χ4v) is 12.2. The van der Waals surface area contributed by atoms with Crippen LogP contribution in [0.15, 0.2) is 0 Å². The molecule has 0 aromatic rings. The van der Waals surface area contributed by atoms with Crippen molar-refractivity contribution < 1.29 is 80.2 Å². The fraction of sp³-hybridized carbons (Fsp3) is 0.944. The zero-order valence-corrected chi connectivity index (χ0v) is 60.6. The van der Waals surface area contributed by atoms with E-state index in [1.807, 2.05) is 0 Å². The first-order valence-corrected chi connectivity index (χ1v) is 39.7. The quantitative estimate of drug-likeness (QED) is 0.0222. The van der Waals surface area contributed by atoms with E-state index < -0.39 is 97.5 Å². The molecular weight excluding hydrogens is 1190 g/mol. The summed E-state index contributed by atoms with van der Waals surface area (Å²) in [6.07, 6.45) is 43.1. The molecule has 0 spiro atoms. The van der Waals surface area contributed by atoms with Gasteiger partial charge in [-0.25, -0.2) is 9.13 Å². The summed E-state index contributed by atoms with van der Waals surface area (Å²) >= 11 is 0. The Morgan fingerprint density at radius 3 is 0.789 bits per heavy atom. The normalized spacial score (nSPS) is 14.6. The topological polar surface area (TPSA) is 237 Å². The maximum absolute atomic E-state index is 13.0. The first-order chi connectivity index (χ1) is 43.1. The predicted molar refractivity (Wildman–Crippen MR) is 363 cm³/mol. The van der Waals surface area contributed by atoms with Gasteiger partial charge in [0.1, 0.15) is 19.3 Å². The van der Waals surface area contributed by atoms with Gasteiger partial charge in [-0.1, -0.05) is 299 Å². The van der Waals surface area contributed by atoms with Gasteiger partial charge in [0, 0.05) is 25.7 Å². The van der Waals surface area contributed by atoms with Crippen LogP contribution in [0.3, 0.4) is 0 Å². The highest BCUT2D eigenvalue weighted by Gasteiger charge is 2.30. The lowest BCUT2D eigenvalue weighted by atomic mass is 9.99. The molecule has 90 heavy (non-hydrogen) atoms. The molecule has 4 unspecified atom stereocenters. The van der Waals surface area contributed by atoms with Crippen LogP contribution in [-0.4, -0.2) is 96.7 Å². The number of rotatable bonds is 68. The van der Waals surface area contributed by atoms with Gasteiger partial charge in [0.2, 0.25) is 0 Å². The van der Waals surface area contributed by atoms with Gasteiger partial charge in [0.05, 0.1) is 26.4 Å². The smallest absolute Gasteiger partial charge is 0.462 e. The van der Waals surface area contributed by atoms with Crippen LogP contribution in [0.25, 0.3) is 0 Å². The Hall–Kier alpha value is -1.94. The molecule has 534 valence electrons. The summed E-state index contributed by atoms with van der Waals surface area (Å²) in [4.78, 5) is 72.6. The van der Waals surface area contributed by atoms with Gasteiger partial charge in [-0.3, -0.25) is 37.3 Å². The number of esters is 4. The molecule has 0 bridgehead atoms. The van der Waals surface area contributed by atoms with Crippen molar-refractivity contribution in [1.29, 1.82) is 0 Å². The van der Waals surface area contributed by atoms with Crippen molar-refractivity contribution in [3.8, 4) is 0 Å². The Kier molecular flexibility index (Phi) is 59.4. The molecule has 0 rings (SSSR count). The van der Waals surface area contributed by atoms with E-state index >= 15 is 0 Å². The van der Waals surface area contributed by atoms with Gasteiger partial charge in [0.15, 0.2) is 12.2 Å². The molecular formula is C71H138O17P2. The lowest BCUT2D eigenvalue weighted by Gasteiger charge is -2.21. The zero-order chi connectivity index (χ0) is 66.8. The number of phosphoric acid groups is 2. The third-order valence-corrected chi connectivity index (χ3v) is 18.6. The number of aliphatic hydroxyl groups is 1. The lowest BCUT2D eigenvalue weighted by Crippen LogP contribution is -2.30. The maximum Gasteiger partial charge on any atom is 0.472 e. The average molecular weight is 1330 g/mol. The molecule has 19 heteroatoms. The molecule has 0 saturated carbocycles. The van der Waals surface area contributed by atoms with Crippen LogP contribution in [0.2, 0.25) is 0 Å². The Morgan fingerprint density at radius 2 is 0.533 bits per heavy atom. The van der Waals surface area contributed by atoms with Gasteiger partial charge < -0.3 is 33.8 Å². The average Bonchev–Trinajstić information content (AvgIpc) is 3.28. The van der Waals surface area contributed by atoms with E-state index in [2.05, 4.69) is 55.4 Å². The van der Waals surface area contributed by atoms with E-state index in [-0.39, 0.29) is 25.7 Å². The molecule has 3 N–H and O–H groups in total. The van der Waals surface area contributed by atoms with Crippen molar-refractivity contribution in [2.75, 3.05) is 39.6 Å². The maximum atomic E-state index is 13.0. The second kappa shape index (κ2) is 60.7. The molecule has 17 nitrogen and oxygen atoms in total. The molecule has 0 aliphatic carbocycles. The summed E-state index contributed by atoms with van der Waals surface area (Å²) in [5.74, 6) is 0.870. The van der Waals surface area contributed by atoms with Crippen LogP contribution in [0.5, 0.6) is 0 Å². The lowest BCUT2D eigenvalue weighted by molar-refractivity contribution is -0.161. The Bertz CT molecular complexity index is 1780. The highest BCUT2D eigenvalue weighted by atomic mass is 31.2. The van der Waals surface area contributed by atoms with E-state index in [1.54, 1.807) is 0 Å². The summed E-state index contributed by atoms with van der Waals surface area (Å²) in [5.41, 5.74) is 0. The molecule has 0 saturated heterocycles. The number of hydrogen-bond acceptors (Lipinski definition) is 15. The number of carbonyl (C=O) groups excluding carboxylic acids is 4. The van der Waals surface area contributed by atoms with Crippen molar-refractivity contribution in [2.45, 2.75) is 369 Å². The SMILES string of the molecule is CCC(C)CCCCCCCCCCCCC(=O)O[C@H](COC(=O)CCCCCCCCCC(C)C)COP(=O)(O)OCC(O)COP(=O)(O)OC[C@@H](COC(=O)CCCCCCCCCC(C)C)OC(=O)CCCCCCCCCCCCCCCC(C)C. The van der Waals surface area contributed by atoms with Crippen molar-refractivity contribution in [2.24, 2.45) is 23.7 Å². The first kappa shape index (κ1) is 88.1. The van der Waals surface area contributed by atoms with Crippen LogP contribution in [-0.2, 0) is 65.4 Å². The highest BCUT2D eigenvalue weighted by molar-refractivity contribution is 7.47. The Morgan fingerprint density at radius 1 is 0.311 bits per heavy atom. The standard InChI is InChI=1S/C71H138O17P2/c1-9-64(8)50-42-34-26-18-15-16-20-28-38-46-54-71(76)88-67(58-82-69(74)52-44-36-30-22-25-33-41-49-63(6)7)60-86-90(79,80)84-56-65(72)55-83-89(77,78)85-59-66(57-81-68(73)51-43-35-29-21-24-32-40-48-62(4)5)87-70(75)53-45-37-27-19-14-12-10-11-13-17-23-31-39-47-61(2)3/h61-67,72H,9-60H2,1-8H3,(H,77,78)(H,79,80)/t64?,65?,66-,67-/m1/s1. The van der Waals surface area contributed by atoms with Gasteiger partial charge in [0.25, 0.3) is 0 Å². The zero-order valence-electron chi connectivity index (χ0n) is 58.8. The third-order valence-electron chi connectivity index (χ3n) is 16.7. The molecule has 0 aliphatic rings. The van der Waals surface area contributed by atoms with Gasteiger partial charge in [-0.2, -0.15) is 0 Å². The van der Waals surface area contributed by atoms with Crippen LogP contribution in [0.1, 0.15) is 351 Å². The van der Waals surface area contributed by atoms with Crippen molar-refractivity contribution >= 4 is 39.5 Å². The summed E-state index contributed by atoms with van der Waals surface area (Å²) in [5, 5.41) is 10.6. The van der Waals surface area contributed by atoms with Crippen LogP contribution >= 0.6 is 15.6 Å². The van der Waals surface area contributed by atoms with Gasteiger partial charge in [-0.15, -0.1) is 0 Å². The van der Waals surface area contributed by atoms with Crippen molar-refractivity contribution in [3.63, 3.8) is 0 Å². The van der Waals surface area contributed by atoms with E-state index in [9.17, 15) is 43.2 Å². The summed E-state index contributed by atoms with van der Waals surface area (Å²) in [6, 6.07) is 0. The number of aliphatic hydroxyl groups excluding tert-OH is 1. The number of unbranched alkanes of at least 4 members (excludes halogenated alkanes) is 33. The summed E-state index contributed by atoms with van der Waals surface area (Å²) in [7, 11) is -9.90. The fourth-order valence-electron chi connectivity index (χ4n) is 10.6. The van der Waals surface area contributed by atoms with Crippen LogP contribution < -0.4 is 0 Å². The van der Waals surface area contributed by atoms with Gasteiger partial charge in [-0.05, 0) is 49.4 Å². The van der Waals surface area contributed by atoms with Crippen LogP contribution in [0.4, 0.5) is 0 Å². The molecule has 0 radical (unpaired) electrons. The Balaban J connectivity index is 5.24. The molecule has 0 amide bonds. The molecule has 6 atom stereocenters. The summed E-state index contributed by atoms with van der Waals surface area (Å²) in [6.45, 7) is 14.1. The second-order valence-electron chi connectivity index (χ2n) is 27.3. The minimum absolute atomic E-state index is 0.105. The molecule has 0 fully saturated rings. The van der Waals surface area contributed by atoms with E-state index in [4.69, 9.17) is 37.0 Å². The third kappa shape index (κ3) is 63.5. The Labute approximate surface area is 549 Å². The molecule has 0 aromatic heterocycles. The molecule has 0 aromatic carbocycles. The van der Waals surface area contributed by atoms with Crippen molar-refractivity contribution in [3.05, 3.63) is 0 Å². The van der Waals surface area contributed by atoms with Gasteiger partial charge >= 0.3 is 39.5 Å². The largest absolute Gasteiger partial charge is 0.472 e. The number of phosphoric ester groups is 2. The van der Waals surface area contributed by atoms with Crippen LogP contribution in [0, 0.1) is 23.7 Å². The van der Waals surface area contributed by atoms with E-state index in [1.165, 1.54) is 141 Å². The minimum Gasteiger partial charge on any atom is -0.462 e. The number of carbonyl (C=O) groups is 4. The second-order valence-corrected chi connectivity index (χ2v) is 30.2. The monoisotopic (exact) mass is 1320 g/mol.